The van der Waals surface area contributed by atoms with E-state index in [1.165, 1.54) is 0 Å². The van der Waals surface area contributed by atoms with Gasteiger partial charge in [0.25, 0.3) is 5.91 Å². The Morgan fingerprint density at radius 2 is 2.05 bits per heavy atom. The van der Waals surface area contributed by atoms with Crippen molar-refractivity contribution in [2.45, 2.75) is 31.4 Å². The highest BCUT2D eigenvalue weighted by atomic mass is 32.2. The van der Waals surface area contributed by atoms with Gasteiger partial charge in [-0.1, -0.05) is 13.8 Å². The molecule has 0 radical (unpaired) electrons. The number of thioether (sulfide) groups is 1. The van der Waals surface area contributed by atoms with Crippen molar-refractivity contribution < 1.29 is 4.79 Å². The minimum Gasteiger partial charge on any atom is -0.399 e. The Bertz CT molecular complexity index is 623. The van der Waals surface area contributed by atoms with Crippen LogP contribution in [0.1, 0.15) is 37.2 Å². The Balaban J connectivity index is 2.12. The topological polar surface area (TPSA) is 70.9 Å². The second kappa shape index (κ2) is 6.43. The van der Waals surface area contributed by atoms with Gasteiger partial charge >= 0.3 is 0 Å². The van der Waals surface area contributed by atoms with Gasteiger partial charge in [0.15, 0.2) is 0 Å². The molecule has 21 heavy (non-hydrogen) atoms. The zero-order valence-electron chi connectivity index (χ0n) is 12.8. The number of hydrogen-bond acceptors (Lipinski definition) is 3. The Labute approximate surface area is 129 Å². The third-order valence-electron chi connectivity index (χ3n) is 4.18. The molecule has 2 aromatic rings. The van der Waals surface area contributed by atoms with Crippen molar-refractivity contribution in [2.24, 2.45) is 0 Å². The van der Waals surface area contributed by atoms with E-state index in [-0.39, 0.29) is 10.7 Å². The van der Waals surface area contributed by atoms with E-state index in [1.54, 1.807) is 0 Å². The predicted octanol–water partition coefficient (Wildman–Crippen LogP) is 3.40. The molecule has 4 N–H and O–H groups in total. The van der Waals surface area contributed by atoms with Gasteiger partial charge in [-0.15, -0.1) is 0 Å². The number of fused-ring (bicyclic) bond motifs is 1. The summed E-state index contributed by atoms with van der Waals surface area (Å²) in [5.74, 6) is -0.0647. The maximum Gasteiger partial charge on any atom is 0.267 e. The molecule has 0 saturated carbocycles. The molecule has 0 aliphatic heterocycles. The Kier molecular flexibility index (Phi) is 4.83. The molecule has 0 saturated heterocycles. The van der Waals surface area contributed by atoms with Gasteiger partial charge in [0.2, 0.25) is 0 Å². The van der Waals surface area contributed by atoms with E-state index in [4.69, 9.17) is 5.73 Å². The van der Waals surface area contributed by atoms with Gasteiger partial charge < -0.3 is 16.0 Å². The molecule has 2 rings (SSSR count). The van der Waals surface area contributed by atoms with Crippen molar-refractivity contribution in [1.82, 2.24) is 10.3 Å². The Hall–Kier alpha value is -1.62. The van der Waals surface area contributed by atoms with E-state index in [9.17, 15) is 4.79 Å². The summed E-state index contributed by atoms with van der Waals surface area (Å²) in [6.07, 6.45) is 4.17. The van der Waals surface area contributed by atoms with Crippen molar-refractivity contribution in [3.8, 4) is 0 Å². The zero-order chi connectivity index (χ0) is 15.5. The number of nitrogens with one attached hydrogen (secondary N) is 2. The molecule has 0 fully saturated rings. The van der Waals surface area contributed by atoms with Crippen molar-refractivity contribution in [3.05, 3.63) is 30.0 Å². The van der Waals surface area contributed by atoms with Crippen molar-refractivity contribution in [1.29, 1.82) is 0 Å². The number of rotatable bonds is 6. The third-order valence-corrected chi connectivity index (χ3v) is 5.77. The first kappa shape index (κ1) is 15.8. The van der Waals surface area contributed by atoms with Gasteiger partial charge in [0, 0.05) is 27.9 Å². The Morgan fingerprint density at radius 1 is 1.33 bits per heavy atom. The van der Waals surface area contributed by atoms with Crippen LogP contribution >= 0.6 is 11.8 Å². The summed E-state index contributed by atoms with van der Waals surface area (Å²) in [7, 11) is 0. The highest BCUT2D eigenvalue weighted by Crippen LogP contribution is 2.29. The van der Waals surface area contributed by atoms with Gasteiger partial charge in [-0.05, 0) is 43.4 Å². The van der Waals surface area contributed by atoms with E-state index >= 15 is 0 Å². The third kappa shape index (κ3) is 3.35. The second-order valence-corrected chi connectivity index (χ2v) is 6.58. The number of carbonyl (C=O) groups excluding carboxylic acids is 1. The minimum atomic E-state index is -0.0647. The fourth-order valence-corrected chi connectivity index (χ4v) is 3.26. The Morgan fingerprint density at radius 3 is 2.67 bits per heavy atom. The van der Waals surface area contributed by atoms with Crippen molar-refractivity contribution >= 4 is 34.3 Å². The molecule has 1 aromatic carbocycles. The van der Waals surface area contributed by atoms with E-state index in [0.717, 1.165) is 23.7 Å². The first-order valence-electron chi connectivity index (χ1n) is 7.25. The first-order chi connectivity index (χ1) is 10.0. The lowest BCUT2D eigenvalue weighted by Gasteiger charge is -2.29. The lowest BCUT2D eigenvalue weighted by atomic mass is 10.0. The van der Waals surface area contributed by atoms with E-state index < -0.39 is 0 Å². The molecule has 1 aromatic heterocycles. The summed E-state index contributed by atoms with van der Waals surface area (Å²) in [6.45, 7) is 5.01. The number of nitrogen functional groups attached to an aromatic ring is 1. The smallest absolute Gasteiger partial charge is 0.267 e. The largest absolute Gasteiger partial charge is 0.399 e. The van der Waals surface area contributed by atoms with Gasteiger partial charge in [-0.3, -0.25) is 4.79 Å². The first-order valence-corrected chi connectivity index (χ1v) is 8.47. The van der Waals surface area contributed by atoms with Gasteiger partial charge in [0.1, 0.15) is 5.69 Å². The van der Waals surface area contributed by atoms with Crippen LogP contribution in [0, 0.1) is 0 Å². The monoisotopic (exact) mass is 305 g/mol. The molecule has 1 heterocycles. The van der Waals surface area contributed by atoms with E-state index in [2.05, 4.69) is 30.4 Å². The zero-order valence-corrected chi connectivity index (χ0v) is 13.6. The van der Waals surface area contributed by atoms with Crippen LogP contribution in [-0.2, 0) is 0 Å². The minimum absolute atomic E-state index is 0.0647. The number of aromatic nitrogens is 1. The second-order valence-electron chi connectivity index (χ2n) is 5.31. The number of amides is 1. The average Bonchev–Trinajstić information content (AvgIpc) is 2.92. The van der Waals surface area contributed by atoms with E-state index in [1.807, 2.05) is 36.0 Å². The summed E-state index contributed by atoms with van der Waals surface area (Å²) in [5.41, 5.74) is 7.97. The molecule has 0 aliphatic carbocycles. The number of carbonyl (C=O) groups is 1. The van der Waals surface area contributed by atoms with Crippen LogP contribution in [-0.4, -0.2) is 28.4 Å². The molecular weight excluding hydrogens is 282 g/mol. The van der Waals surface area contributed by atoms with Gasteiger partial charge in [0.05, 0.1) is 0 Å². The quantitative estimate of drug-likeness (QED) is 0.716. The summed E-state index contributed by atoms with van der Waals surface area (Å²) in [5, 5.41) is 4.01. The van der Waals surface area contributed by atoms with Crippen LogP contribution in [0.5, 0.6) is 0 Å². The maximum atomic E-state index is 12.3. The summed E-state index contributed by atoms with van der Waals surface area (Å²) < 4.78 is 0.117. The number of anilines is 1. The van der Waals surface area contributed by atoms with Gasteiger partial charge in [-0.25, -0.2) is 0 Å². The number of hydrogen-bond donors (Lipinski definition) is 3. The number of aromatic amines is 1. The highest BCUT2D eigenvalue weighted by molar-refractivity contribution is 8.00. The molecule has 0 aliphatic rings. The summed E-state index contributed by atoms with van der Waals surface area (Å²) >= 11 is 1.82. The molecule has 0 atom stereocenters. The molecule has 0 unspecified atom stereocenters. The lowest BCUT2D eigenvalue weighted by Crippen LogP contribution is -2.39. The fraction of sp³-hybridized carbons (Fsp3) is 0.438. The predicted molar refractivity (Wildman–Crippen MR) is 91.9 cm³/mol. The molecule has 114 valence electrons. The van der Waals surface area contributed by atoms with Crippen molar-refractivity contribution in [2.75, 3.05) is 18.5 Å². The van der Waals surface area contributed by atoms with Crippen LogP contribution in [0.25, 0.3) is 10.9 Å². The van der Waals surface area contributed by atoms with Crippen LogP contribution < -0.4 is 11.1 Å². The van der Waals surface area contributed by atoms with Crippen LogP contribution in [0.4, 0.5) is 5.69 Å². The molecular formula is C16H23N3OS. The molecule has 1 amide bonds. The molecule has 5 heteroatoms. The van der Waals surface area contributed by atoms with Crippen LogP contribution in [0.2, 0.25) is 0 Å². The van der Waals surface area contributed by atoms with E-state index in [0.29, 0.717) is 17.9 Å². The van der Waals surface area contributed by atoms with Gasteiger partial charge in [-0.2, -0.15) is 11.8 Å². The standard InChI is InChI=1S/C16H23N3OS/c1-4-16(5-2,21-3)10-18-15(20)14-9-11-8-12(17)6-7-13(11)19-14/h6-9,19H,4-5,10,17H2,1-3H3,(H,18,20). The molecule has 0 spiro atoms. The van der Waals surface area contributed by atoms with Crippen LogP contribution in [0.3, 0.4) is 0 Å². The van der Waals surface area contributed by atoms with Crippen LogP contribution in [0.15, 0.2) is 24.3 Å². The maximum absolute atomic E-state index is 12.3. The average molecular weight is 305 g/mol. The fourth-order valence-electron chi connectivity index (χ4n) is 2.47. The molecule has 0 bridgehead atoms. The molecule has 4 nitrogen and oxygen atoms in total. The summed E-state index contributed by atoms with van der Waals surface area (Å²) in [4.78, 5) is 15.4. The SMILES string of the molecule is CCC(CC)(CNC(=O)c1cc2cc(N)ccc2[nH]1)SC. The summed E-state index contributed by atoms with van der Waals surface area (Å²) in [6, 6.07) is 7.44. The number of nitrogens with two attached hydrogens (primary N) is 1. The number of benzene rings is 1. The van der Waals surface area contributed by atoms with Crippen molar-refractivity contribution in [3.63, 3.8) is 0 Å². The number of H-pyrrole nitrogens is 1. The highest BCUT2D eigenvalue weighted by Gasteiger charge is 2.25. The normalized spacial score (nSPS) is 11.8. The lowest BCUT2D eigenvalue weighted by molar-refractivity contribution is 0.0945.